The number of carboxylic acid groups (broad SMARTS) is 1. The van der Waals surface area contributed by atoms with Gasteiger partial charge in [-0.3, -0.25) is 0 Å². The Labute approximate surface area is 118 Å². The van der Waals surface area contributed by atoms with E-state index in [1.807, 2.05) is 0 Å². The Kier molecular flexibility index (Phi) is 6.08. The Morgan fingerprint density at radius 2 is 2.20 bits per heavy atom. The second kappa shape index (κ2) is 7.56. The lowest BCUT2D eigenvalue weighted by molar-refractivity contribution is -0.139. The highest BCUT2D eigenvalue weighted by atomic mass is 35.5. The van der Waals surface area contributed by atoms with Crippen molar-refractivity contribution in [3.8, 4) is 5.75 Å². The number of nitrogens with zero attached hydrogens (tertiary/aromatic N) is 3. The maximum Gasteiger partial charge on any atom is 0.341 e. The number of halogens is 1. The molecular formula is C11H12ClN3O5. The van der Waals surface area contributed by atoms with E-state index in [2.05, 4.69) is 10.0 Å². The van der Waals surface area contributed by atoms with Crippen molar-refractivity contribution >= 4 is 17.6 Å². The van der Waals surface area contributed by atoms with Gasteiger partial charge in [0, 0.05) is 15.5 Å². The minimum atomic E-state index is -1.40. The lowest BCUT2D eigenvalue weighted by Gasteiger charge is -2.19. The van der Waals surface area contributed by atoms with Crippen molar-refractivity contribution in [3.05, 3.63) is 39.2 Å². The van der Waals surface area contributed by atoms with Crippen molar-refractivity contribution in [1.82, 2.24) is 0 Å². The predicted octanol–water partition coefficient (Wildman–Crippen LogP) is 1.51. The molecule has 1 rings (SSSR count). The lowest BCUT2D eigenvalue weighted by atomic mass is 10.0. The van der Waals surface area contributed by atoms with E-state index in [1.165, 1.54) is 18.2 Å². The Morgan fingerprint density at radius 1 is 1.50 bits per heavy atom. The monoisotopic (exact) mass is 301 g/mol. The van der Waals surface area contributed by atoms with Crippen molar-refractivity contribution in [2.45, 2.75) is 12.2 Å². The molecule has 9 heteroatoms. The first-order valence-electron chi connectivity index (χ1n) is 5.46. The fourth-order valence-corrected chi connectivity index (χ4v) is 1.61. The summed E-state index contributed by atoms with van der Waals surface area (Å²) < 4.78 is 5.00. The van der Waals surface area contributed by atoms with Gasteiger partial charge in [0.05, 0.1) is 12.6 Å². The molecule has 0 heterocycles. The minimum Gasteiger partial charge on any atom is -0.481 e. The molecule has 2 atom stereocenters. The van der Waals surface area contributed by atoms with Gasteiger partial charge in [-0.15, -0.1) is 0 Å². The zero-order chi connectivity index (χ0) is 15.1. The number of ether oxygens (including phenoxy) is 1. The van der Waals surface area contributed by atoms with E-state index < -0.39 is 24.8 Å². The summed E-state index contributed by atoms with van der Waals surface area (Å²) in [5, 5.41) is 31.6. The van der Waals surface area contributed by atoms with Gasteiger partial charge in [0.25, 0.3) is 0 Å². The summed E-state index contributed by atoms with van der Waals surface area (Å²) >= 11 is 5.76. The first-order chi connectivity index (χ1) is 9.45. The number of azide groups is 1. The molecule has 3 N–H and O–H groups in total. The highest BCUT2D eigenvalue weighted by Crippen LogP contribution is 2.30. The summed E-state index contributed by atoms with van der Waals surface area (Å²) in [7, 11) is 0. The Hall–Kier alpha value is -1.99. The number of hydrogen-bond acceptors (Lipinski definition) is 5. The van der Waals surface area contributed by atoms with Crippen LogP contribution in [-0.4, -0.2) is 40.5 Å². The second-order valence-corrected chi connectivity index (χ2v) is 4.23. The molecule has 8 nitrogen and oxygen atoms in total. The molecule has 0 saturated heterocycles. The van der Waals surface area contributed by atoms with Gasteiger partial charge in [-0.05, 0) is 17.7 Å². The zero-order valence-electron chi connectivity index (χ0n) is 10.2. The molecule has 108 valence electrons. The van der Waals surface area contributed by atoms with E-state index in [1.54, 1.807) is 0 Å². The highest BCUT2D eigenvalue weighted by molar-refractivity contribution is 6.30. The van der Waals surface area contributed by atoms with E-state index >= 15 is 0 Å². The van der Waals surface area contributed by atoms with E-state index in [0.29, 0.717) is 0 Å². The molecule has 0 bridgehead atoms. The maximum atomic E-state index is 10.5. The van der Waals surface area contributed by atoms with Crippen LogP contribution >= 0.6 is 11.6 Å². The summed E-state index contributed by atoms with van der Waals surface area (Å²) in [5.74, 6) is -1.16. The average molecular weight is 302 g/mol. The smallest absolute Gasteiger partial charge is 0.341 e. The number of rotatable bonds is 7. The number of aliphatic carboxylic acids is 1. The number of hydrogen-bond donors (Lipinski definition) is 3. The molecule has 2 unspecified atom stereocenters. The van der Waals surface area contributed by atoms with Crippen LogP contribution in [0.25, 0.3) is 10.4 Å². The minimum absolute atomic E-state index is 0.0346. The zero-order valence-corrected chi connectivity index (χ0v) is 10.9. The quantitative estimate of drug-likeness (QED) is 0.398. The molecule has 0 aromatic heterocycles. The van der Waals surface area contributed by atoms with Crippen LogP contribution in [0.5, 0.6) is 5.75 Å². The van der Waals surface area contributed by atoms with Gasteiger partial charge in [-0.2, -0.15) is 0 Å². The first-order valence-corrected chi connectivity index (χ1v) is 5.84. The SMILES string of the molecule is [N-]=[N+]=NCC(O)C(O)c1ccc(Cl)cc1OCC(=O)O. The van der Waals surface area contributed by atoms with Crippen LogP contribution in [0.1, 0.15) is 11.7 Å². The van der Waals surface area contributed by atoms with E-state index in [-0.39, 0.29) is 22.9 Å². The fraction of sp³-hybridized carbons (Fsp3) is 0.364. The van der Waals surface area contributed by atoms with Crippen LogP contribution in [0, 0.1) is 0 Å². The van der Waals surface area contributed by atoms with Crippen molar-refractivity contribution in [2.75, 3.05) is 13.2 Å². The molecule has 0 fully saturated rings. The third-order valence-electron chi connectivity index (χ3n) is 2.34. The molecule has 20 heavy (non-hydrogen) atoms. The standard InChI is InChI=1S/C11H12ClN3O5/c12-6-1-2-7(9(3-6)20-5-10(17)18)11(19)8(16)4-14-15-13/h1-3,8,11,16,19H,4-5H2,(H,17,18). The topological polar surface area (TPSA) is 136 Å². The van der Waals surface area contributed by atoms with Gasteiger partial charge >= 0.3 is 5.97 Å². The second-order valence-electron chi connectivity index (χ2n) is 3.79. The van der Waals surface area contributed by atoms with E-state index in [0.717, 1.165) is 0 Å². The van der Waals surface area contributed by atoms with Crippen molar-refractivity contribution in [3.63, 3.8) is 0 Å². The van der Waals surface area contributed by atoms with Crippen LogP contribution in [0.4, 0.5) is 0 Å². The number of aliphatic hydroxyl groups excluding tert-OH is 2. The Bertz CT molecular complexity index is 533. The molecule has 0 aliphatic rings. The van der Waals surface area contributed by atoms with Gasteiger partial charge in [0.2, 0.25) is 0 Å². The van der Waals surface area contributed by atoms with E-state index in [4.69, 9.17) is 27.0 Å². The van der Waals surface area contributed by atoms with Crippen molar-refractivity contribution in [1.29, 1.82) is 0 Å². The normalized spacial score (nSPS) is 13.2. The first kappa shape index (κ1) is 16.1. The molecule has 1 aromatic carbocycles. The number of carbonyl (C=O) groups is 1. The average Bonchev–Trinajstić information content (AvgIpc) is 2.41. The molecule has 0 aliphatic heterocycles. The summed E-state index contributed by atoms with van der Waals surface area (Å²) in [6.45, 7) is -0.953. The van der Waals surface area contributed by atoms with Gasteiger partial charge < -0.3 is 20.1 Å². The van der Waals surface area contributed by atoms with Crippen molar-refractivity contribution in [2.24, 2.45) is 5.11 Å². The van der Waals surface area contributed by atoms with Gasteiger partial charge in [-0.1, -0.05) is 22.8 Å². The fourth-order valence-electron chi connectivity index (χ4n) is 1.44. The Balaban J connectivity index is 2.96. The summed E-state index contributed by atoms with van der Waals surface area (Å²) in [5.41, 5.74) is 8.31. The largest absolute Gasteiger partial charge is 0.481 e. The van der Waals surface area contributed by atoms with Gasteiger partial charge in [0.1, 0.15) is 11.9 Å². The Morgan fingerprint density at radius 3 is 2.80 bits per heavy atom. The highest BCUT2D eigenvalue weighted by Gasteiger charge is 2.22. The summed E-state index contributed by atoms with van der Waals surface area (Å²) in [6, 6.07) is 4.17. The number of carboxylic acids is 1. The third kappa shape index (κ3) is 4.60. The number of benzene rings is 1. The molecule has 1 aromatic rings. The lowest BCUT2D eigenvalue weighted by Crippen LogP contribution is -2.22. The molecule has 0 amide bonds. The molecule has 0 aliphatic carbocycles. The summed E-state index contributed by atoms with van der Waals surface area (Å²) in [4.78, 5) is 13.0. The van der Waals surface area contributed by atoms with Crippen molar-refractivity contribution < 1.29 is 24.9 Å². The van der Waals surface area contributed by atoms with Crippen LogP contribution in [0.3, 0.4) is 0 Å². The van der Waals surface area contributed by atoms with Gasteiger partial charge in [0.15, 0.2) is 6.61 Å². The third-order valence-corrected chi connectivity index (χ3v) is 2.58. The van der Waals surface area contributed by atoms with Crippen LogP contribution in [0.2, 0.25) is 5.02 Å². The molecule has 0 spiro atoms. The molecule has 0 radical (unpaired) electrons. The predicted molar refractivity (Wildman–Crippen MR) is 69.6 cm³/mol. The van der Waals surface area contributed by atoms with Crippen LogP contribution < -0.4 is 4.74 Å². The van der Waals surface area contributed by atoms with Crippen LogP contribution in [-0.2, 0) is 4.79 Å². The van der Waals surface area contributed by atoms with Crippen LogP contribution in [0.15, 0.2) is 23.3 Å². The number of aliphatic hydroxyl groups is 2. The van der Waals surface area contributed by atoms with E-state index in [9.17, 15) is 15.0 Å². The summed E-state index contributed by atoms with van der Waals surface area (Å²) in [6.07, 6.45) is -2.75. The maximum absolute atomic E-state index is 10.5. The molecule has 0 saturated carbocycles. The molecular weight excluding hydrogens is 290 g/mol. The van der Waals surface area contributed by atoms with Gasteiger partial charge in [-0.25, -0.2) is 4.79 Å².